The highest BCUT2D eigenvalue weighted by Gasteiger charge is 2.30. The van der Waals surface area contributed by atoms with Crippen molar-refractivity contribution in [3.63, 3.8) is 0 Å². The van der Waals surface area contributed by atoms with Gasteiger partial charge in [0.15, 0.2) is 6.79 Å². The molecule has 8 nitrogen and oxygen atoms in total. The van der Waals surface area contributed by atoms with Gasteiger partial charge in [-0.1, -0.05) is 48.2 Å². The van der Waals surface area contributed by atoms with E-state index in [4.69, 9.17) is 23.7 Å². The Kier molecular flexibility index (Phi) is 10.8. The van der Waals surface area contributed by atoms with Gasteiger partial charge in [0.1, 0.15) is 36.1 Å². The van der Waals surface area contributed by atoms with E-state index in [1.54, 1.807) is 23.1 Å². The number of methoxy groups -OCH3 is 1. The molecule has 43 heavy (non-hydrogen) atoms. The highest BCUT2D eigenvalue weighted by Crippen LogP contribution is 2.35. The second-order valence-corrected chi connectivity index (χ2v) is 11.3. The molecule has 1 fully saturated rings. The number of hydrogen-bond donors (Lipinski definition) is 0. The van der Waals surface area contributed by atoms with E-state index in [1.807, 2.05) is 51.1 Å². The van der Waals surface area contributed by atoms with E-state index < -0.39 is 23.6 Å². The van der Waals surface area contributed by atoms with Crippen LogP contribution in [0, 0.1) is 34.9 Å². The van der Waals surface area contributed by atoms with E-state index in [0.717, 1.165) is 5.56 Å². The average Bonchev–Trinajstić information content (AvgIpc) is 3.20. The van der Waals surface area contributed by atoms with E-state index in [9.17, 15) is 10.1 Å². The van der Waals surface area contributed by atoms with Gasteiger partial charge in [-0.25, -0.2) is 9.18 Å². The normalized spacial score (nSPS) is 16.9. The number of benzene rings is 3. The van der Waals surface area contributed by atoms with Crippen LogP contribution in [0.5, 0.6) is 11.5 Å². The number of hydrogen-bond acceptors (Lipinski definition) is 7. The Morgan fingerprint density at radius 2 is 1.91 bits per heavy atom. The van der Waals surface area contributed by atoms with E-state index in [2.05, 4.69) is 17.9 Å². The van der Waals surface area contributed by atoms with Crippen molar-refractivity contribution in [2.24, 2.45) is 5.92 Å². The summed E-state index contributed by atoms with van der Waals surface area (Å²) in [5.74, 6) is 6.05. The van der Waals surface area contributed by atoms with Crippen LogP contribution in [0.15, 0.2) is 54.6 Å². The Balaban J connectivity index is 1.56. The third kappa shape index (κ3) is 9.09. The van der Waals surface area contributed by atoms with Crippen molar-refractivity contribution in [2.75, 3.05) is 33.6 Å². The highest BCUT2D eigenvalue weighted by molar-refractivity contribution is 5.95. The zero-order valence-electron chi connectivity index (χ0n) is 25.0. The summed E-state index contributed by atoms with van der Waals surface area (Å²) in [4.78, 5) is 14.3. The van der Waals surface area contributed by atoms with E-state index >= 15 is 4.39 Å². The lowest BCUT2D eigenvalue weighted by molar-refractivity contribution is 0.00700. The molecule has 0 aliphatic carbocycles. The third-order valence-corrected chi connectivity index (χ3v) is 6.74. The molecule has 0 radical (unpaired) electrons. The minimum Gasteiger partial charge on any atom is -0.488 e. The maximum Gasteiger partial charge on any atom is 0.410 e. The lowest BCUT2D eigenvalue weighted by Crippen LogP contribution is -2.40. The van der Waals surface area contributed by atoms with Gasteiger partial charge in [-0.05, 0) is 56.7 Å². The predicted octanol–water partition coefficient (Wildman–Crippen LogP) is 6.45. The number of carbonyl (C=O) groups is 1. The zero-order valence-corrected chi connectivity index (χ0v) is 25.0. The smallest absolute Gasteiger partial charge is 0.410 e. The molecule has 0 N–H and O–H groups in total. The summed E-state index contributed by atoms with van der Waals surface area (Å²) in [6.07, 6.45) is 0.128. The Morgan fingerprint density at radius 3 is 2.63 bits per heavy atom. The Hall–Kier alpha value is -4.31. The lowest BCUT2D eigenvalue weighted by Gasteiger charge is -2.28. The van der Waals surface area contributed by atoms with Crippen molar-refractivity contribution in [1.82, 2.24) is 4.90 Å². The zero-order chi connectivity index (χ0) is 30.8. The Labute approximate surface area is 252 Å². The number of likely N-dealkylation sites (tertiary alicyclic amines) is 1. The summed E-state index contributed by atoms with van der Waals surface area (Å²) >= 11 is 0. The minimum absolute atomic E-state index is 0.0178. The number of ether oxygens (including phenoxy) is 5. The van der Waals surface area contributed by atoms with Gasteiger partial charge in [-0.15, -0.1) is 0 Å². The van der Waals surface area contributed by atoms with Crippen molar-refractivity contribution in [1.29, 1.82) is 5.26 Å². The monoisotopic (exact) mass is 588 g/mol. The first-order valence-electron chi connectivity index (χ1n) is 14.2. The van der Waals surface area contributed by atoms with Crippen LogP contribution in [0.1, 0.15) is 44.7 Å². The van der Waals surface area contributed by atoms with Crippen molar-refractivity contribution < 1.29 is 32.9 Å². The molecule has 0 saturated carbocycles. The summed E-state index contributed by atoms with van der Waals surface area (Å²) in [5.41, 5.74) is 0.493. The van der Waals surface area contributed by atoms with Gasteiger partial charge in [0.2, 0.25) is 0 Å². The quantitative estimate of drug-likeness (QED) is 0.221. The second-order valence-electron chi connectivity index (χ2n) is 11.3. The highest BCUT2D eigenvalue weighted by atomic mass is 19.1. The number of fused-ring (bicyclic) bond motifs is 1. The molecule has 1 saturated heterocycles. The minimum atomic E-state index is -0.636. The molecule has 1 heterocycles. The van der Waals surface area contributed by atoms with Crippen LogP contribution in [0.25, 0.3) is 10.8 Å². The number of halogens is 1. The summed E-state index contributed by atoms with van der Waals surface area (Å²) < 4.78 is 43.6. The van der Waals surface area contributed by atoms with Gasteiger partial charge in [-0.3, -0.25) is 0 Å². The molecular weight excluding hydrogens is 551 g/mol. The van der Waals surface area contributed by atoms with E-state index in [1.165, 1.54) is 13.2 Å². The number of nitriles is 1. The van der Waals surface area contributed by atoms with Crippen molar-refractivity contribution in [2.45, 2.75) is 51.9 Å². The first kappa shape index (κ1) is 31.6. The number of nitrogens with zero attached hydrogens (tertiary/aromatic N) is 2. The van der Waals surface area contributed by atoms with Crippen LogP contribution in [0.2, 0.25) is 0 Å². The third-order valence-electron chi connectivity index (χ3n) is 6.74. The van der Waals surface area contributed by atoms with E-state index in [-0.39, 0.29) is 38.0 Å². The fraction of sp³-hybridized carbons (Fsp3) is 0.412. The molecule has 1 aliphatic heterocycles. The molecule has 9 heteroatoms. The predicted molar refractivity (Wildman–Crippen MR) is 160 cm³/mol. The van der Waals surface area contributed by atoms with Gasteiger partial charge in [0.05, 0.1) is 30.2 Å². The summed E-state index contributed by atoms with van der Waals surface area (Å²) in [7, 11) is 1.53. The fourth-order valence-electron chi connectivity index (χ4n) is 4.73. The van der Waals surface area contributed by atoms with Gasteiger partial charge in [0, 0.05) is 25.1 Å². The molecule has 0 aromatic heterocycles. The van der Waals surface area contributed by atoms with Crippen LogP contribution >= 0.6 is 0 Å². The standard InChI is InChI=1S/C34H37FN2O6/c1-34(2,3)43-33(38)37-15-14-25(20-36)17-28(21-37)40-16-8-11-29-30(35)13-12-26-18-27(42-23-39-4)19-31(32(26)29)41-22-24-9-6-5-7-10-24/h5-7,9-10,12-13,18-19,25,28H,14-17,21-23H2,1-4H3. The molecule has 4 rings (SSSR count). The first-order valence-corrected chi connectivity index (χ1v) is 14.2. The van der Waals surface area contributed by atoms with Crippen molar-refractivity contribution in [3.05, 3.63) is 71.5 Å². The molecule has 0 spiro atoms. The summed E-state index contributed by atoms with van der Waals surface area (Å²) in [6.45, 7) is 6.41. The summed E-state index contributed by atoms with van der Waals surface area (Å²) in [6, 6.07) is 18.4. The topological polar surface area (TPSA) is 90.3 Å². The van der Waals surface area contributed by atoms with Crippen molar-refractivity contribution >= 4 is 16.9 Å². The average molecular weight is 589 g/mol. The van der Waals surface area contributed by atoms with Crippen LogP contribution in [0.3, 0.4) is 0 Å². The molecule has 1 aliphatic rings. The van der Waals surface area contributed by atoms with Gasteiger partial charge >= 0.3 is 6.09 Å². The van der Waals surface area contributed by atoms with Crippen molar-refractivity contribution in [3.8, 4) is 29.4 Å². The largest absolute Gasteiger partial charge is 0.488 e. The number of carbonyl (C=O) groups excluding carboxylic acids is 1. The van der Waals surface area contributed by atoms with Crippen LogP contribution in [-0.4, -0.2) is 56.3 Å². The van der Waals surface area contributed by atoms with Gasteiger partial charge in [-0.2, -0.15) is 5.26 Å². The second kappa shape index (κ2) is 14.7. The summed E-state index contributed by atoms with van der Waals surface area (Å²) in [5, 5.41) is 10.8. The molecule has 226 valence electrons. The number of rotatable bonds is 8. The Morgan fingerprint density at radius 1 is 1.12 bits per heavy atom. The molecule has 3 aromatic rings. The maximum absolute atomic E-state index is 15.2. The number of amides is 1. The molecule has 2 atom stereocenters. The fourth-order valence-corrected chi connectivity index (χ4v) is 4.73. The molecular formula is C34H37FN2O6. The van der Waals surface area contributed by atoms with Crippen LogP contribution in [-0.2, 0) is 20.8 Å². The lowest BCUT2D eigenvalue weighted by atomic mass is 10.0. The van der Waals surface area contributed by atoms with Crippen LogP contribution in [0.4, 0.5) is 9.18 Å². The molecule has 0 bridgehead atoms. The van der Waals surface area contributed by atoms with E-state index in [0.29, 0.717) is 41.7 Å². The molecule has 2 unspecified atom stereocenters. The first-order chi connectivity index (χ1) is 20.7. The molecule has 3 aromatic carbocycles. The van der Waals surface area contributed by atoms with Gasteiger partial charge in [0.25, 0.3) is 0 Å². The van der Waals surface area contributed by atoms with Crippen LogP contribution < -0.4 is 9.47 Å². The Bertz CT molecular complexity index is 1500. The molecule has 1 amide bonds. The van der Waals surface area contributed by atoms with Gasteiger partial charge < -0.3 is 28.6 Å². The maximum atomic E-state index is 15.2. The SMILES string of the molecule is COCOc1cc(OCc2ccccc2)c2c(C#CCOC3CC(C#N)CCN(C(=O)OC(C)(C)C)C3)c(F)ccc2c1.